The highest BCUT2D eigenvalue weighted by Crippen LogP contribution is 2.10. The Hall–Kier alpha value is -1.10. The molecule has 0 radical (unpaired) electrons. The quantitative estimate of drug-likeness (QED) is 0.783. The molecule has 5 heteroatoms. The molecule has 0 bridgehead atoms. The summed E-state index contributed by atoms with van der Waals surface area (Å²) in [7, 11) is 0. The molecule has 0 spiro atoms. The average molecular weight is 327 g/mol. The summed E-state index contributed by atoms with van der Waals surface area (Å²) in [5, 5.41) is 0. The van der Waals surface area contributed by atoms with Crippen LogP contribution in [0.3, 0.4) is 0 Å². The molecule has 22 heavy (non-hydrogen) atoms. The molecule has 1 aliphatic rings. The number of nitrogens with two attached hydrogens (primary N) is 1. The molecule has 0 saturated carbocycles. The summed E-state index contributed by atoms with van der Waals surface area (Å²) in [6, 6.07) is 10.5. The molecule has 0 aliphatic carbocycles. The number of amides is 1. The monoisotopic (exact) mass is 326 g/mol. The molecule has 4 nitrogen and oxygen atoms in total. The molecule has 0 aromatic heterocycles. The van der Waals surface area contributed by atoms with Crippen molar-refractivity contribution < 1.29 is 9.53 Å². The van der Waals surface area contributed by atoms with Crippen molar-refractivity contribution in [3.8, 4) is 0 Å². The third-order valence-electron chi connectivity index (χ3n) is 3.87. The average Bonchev–Trinajstić information content (AvgIpc) is 2.51. The van der Waals surface area contributed by atoms with E-state index in [-0.39, 0.29) is 24.4 Å². The highest BCUT2D eigenvalue weighted by Gasteiger charge is 2.20. The predicted octanol–water partition coefficient (Wildman–Crippen LogP) is 2.40. The van der Waals surface area contributed by atoms with E-state index in [1.54, 1.807) is 0 Å². The van der Waals surface area contributed by atoms with Crippen LogP contribution in [0.25, 0.3) is 0 Å². The van der Waals surface area contributed by atoms with E-state index in [0.29, 0.717) is 26.2 Å². The maximum Gasteiger partial charge on any atom is 0.222 e. The Morgan fingerprint density at radius 3 is 2.77 bits per heavy atom. The molecule has 1 unspecified atom stereocenters. The maximum absolute atomic E-state index is 12.0. The van der Waals surface area contributed by atoms with Crippen LogP contribution < -0.4 is 5.73 Å². The second-order valence-electron chi connectivity index (χ2n) is 5.69. The van der Waals surface area contributed by atoms with E-state index in [2.05, 4.69) is 12.1 Å². The minimum atomic E-state index is 0. The highest BCUT2D eigenvalue weighted by atomic mass is 35.5. The summed E-state index contributed by atoms with van der Waals surface area (Å²) in [5.74, 6) is 0.219. The molecule has 2 rings (SSSR count). The lowest BCUT2D eigenvalue weighted by molar-refractivity contribution is -0.132. The van der Waals surface area contributed by atoms with Gasteiger partial charge in [-0.2, -0.15) is 0 Å². The van der Waals surface area contributed by atoms with E-state index in [9.17, 15) is 4.79 Å². The van der Waals surface area contributed by atoms with Gasteiger partial charge in [-0.15, -0.1) is 12.4 Å². The molecule has 1 amide bonds. The third-order valence-corrected chi connectivity index (χ3v) is 3.87. The molecule has 1 heterocycles. The number of hydrogen-bond acceptors (Lipinski definition) is 3. The Morgan fingerprint density at radius 2 is 2.05 bits per heavy atom. The summed E-state index contributed by atoms with van der Waals surface area (Å²) in [5.41, 5.74) is 7.18. The molecule has 1 saturated heterocycles. The zero-order valence-electron chi connectivity index (χ0n) is 13.1. The fourth-order valence-corrected chi connectivity index (χ4v) is 2.66. The Morgan fingerprint density at radius 1 is 1.27 bits per heavy atom. The number of hydrogen-bond donors (Lipinski definition) is 1. The van der Waals surface area contributed by atoms with E-state index >= 15 is 0 Å². The van der Waals surface area contributed by atoms with Crippen molar-refractivity contribution >= 4 is 18.3 Å². The molecule has 124 valence electrons. The van der Waals surface area contributed by atoms with Gasteiger partial charge in [0.2, 0.25) is 5.91 Å². The van der Waals surface area contributed by atoms with Crippen molar-refractivity contribution in [2.24, 2.45) is 5.73 Å². The lowest BCUT2D eigenvalue weighted by Crippen LogP contribution is -2.45. The van der Waals surface area contributed by atoms with Gasteiger partial charge in [0, 0.05) is 32.2 Å². The van der Waals surface area contributed by atoms with Gasteiger partial charge >= 0.3 is 0 Å². The van der Waals surface area contributed by atoms with Crippen molar-refractivity contribution in [1.82, 2.24) is 4.90 Å². The van der Waals surface area contributed by atoms with Gasteiger partial charge in [0.1, 0.15) is 0 Å². The fraction of sp³-hybridized carbons (Fsp3) is 0.588. The van der Waals surface area contributed by atoms with Crippen molar-refractivity contribution in [3.63, 3.8) is 0 Å². The van der Waals surface area contributed by atoms with Crippen LogP contribution in [0.2, 0.25) is 0 Å². The summed E-state index contributed by atoms with van der Waals surface area (Å²) in [4.78, 5) is 13.9. The predicted molar refractivity (Wildman–Crippen MR) is 91.2 cm³/mol. The van der Waals surface area contributed by atoms with E-state index in [0.717, 1.165) is 32.2 Å². The second kappa shape index (κ2) is 10.6. The molecular weight excluding hydrogens is 300 g/mol. The Balaban J connectivity index is 0.00000242. The minimum absolute atomic E-state index is 0. The Kier molecular flexibility index (Phi) is 9.13. The number of nitrogens with zero attached hydrogens (tertiary/aromatic N) is 1. The number of ether oxygens (including phenoxy) is 1. The fourth-order valence-electron chi connectivity index (χ4n) is 2.66. The molecule has 1 aromatic carbocycles. The molecule has 1 atom stereocenters. The smallest absolute Gasteiger partial charge is 0.222 e. The topological polar surface area (TPSA) is 55.6 Å². The van der Waals surface area contributed by atoms with Crippen LogP contribution in [-0.4, -0.2) is 43.2 Å². The second-order valence-corrected chi connectivity index (χ2v) is 5.69. The van der Waals surface area contributed by atoms with Crippen LogP contribution in [0.15, 0.2) is 30.3 Å². The number of carbonyl (C=O) groups is 1. The normalized spacial score (nSPS) is 17.9. The van der Waals surface area contributed by atoms with Crippen molar-refractivity contribution in [2.75, 3.05) is 26.3 Å². The first-order chi connectivity index (χ1) is 10.3. The Bertz CT molecular complexity index is 428. The standard InChI is InChI=1S/C17H26N2O2.ClH/c18-16-8-4-11-19(14-16)17(20)9-5-12-21-13-10-15-6-2-1-3-7-15;/h1-3,6-7,16H,4-5,8-14,18H2;1H. The molecule has 2 N–H and O–H groups in total. The van der Waals surface area contributed by atoms with Crippen LogP contribution in [0.1, 0.15) is 31.2 Å². The van der Waals surface area contributed by atoms with Gasteiger partial charge < -0.3 is 15.4 Å². The van der Waals surface area contributed by atoms with Crippen molar-refractivity contribution in [1.29, 1.82) is 0 Å². The largest absolute Gasteiger partial charge is 0.381 e. The lowest BCUT2D eigenvalue weighted by atomic mass is 10.1. The van der Waals surface area contributed by atoms with Gasteiger partial charge in [0.25, 0.3) is 0 Å². The van der Waals surface area contributed by atoms with Gasteiger partial charge in [-0.05, 0) is 31.2 Å². The van der Waals surface area contributed by atoms with E-state index < -0.39 is 0 Å². The van der Waals surface area contributed by atoms with Gasteiger partial charge in [0.05, 0.1) is 6.61 Å². The lowest BCUT2D eigenvalue weighted by Gasteiger charge is -2.30. The van der Waals surface area contributed by atoms with Gasteiger partial charge in [-0.1, -0.05) is 30.3 Å². The first kappa shape index (κ1) is 18.9. The van der Waals surface area contributed by atoms with Crippen LogP contribution >= 0.6 is 12.4 Å². The summed E-state index contributed by atoms with van der Waals surface area (Å²) in [6.45, 7) is 2.94. The number of halogens is 1. The summed E-state index contributed by atoms with van der Waals surface area (Å²) in [6.07, 6.45) is 4.35. The van der Waals surface area contributed by atoms with Crippen LogP contribution in [0.4, 0.5) is 0 Å². The number of piperidine rings is 1. The summed E-state index contributed by atoms with van der Waals surface area (Å²) >= 11 is 0. The van der Waals surface area contributed by atoms with E-state index in [1.165, 1.54) is 5.56 Å². The molecular formula is C17H27ClN2O2. The van der Waals surface area contributed by atoms with E-state index in [1.807, 2.05) is 23.1 Å². The van der Waals surface area contributed by atoms with Gasteiger partial charge in [-0.25, -0.2) is 0 Å². The maximum atomic E-state index is 12.0. The van der Waals surface area contributed by atoms with Crippen molar-refractivity contribution in [2.45, 2.75) is 38.1 Å². The van der Waals surface area contributed by atoms with Crippen molar-refractivity contribution in [3.05, 3.63) is 35.9 Å². The van der Waals surface area contributed by atoms with Crippen LogP contribution in [-0.2, 0) is 16.0 Å². The number of rotatable bonds is 7. The number of likely N-dealkylation sites (tertiary alicyclic amines) is 1. The van der Waals surface area contributed by atoms with Gasteiger partial charge in [-0.3, -0.25) is 4.79 Å². The summed E-state index contributed by atoms with van der Waals surface area (Å²) < 4.78 is 5.60. The van der Waals surface area contributed by atoms with Crippen LogP contribution in [0, 0.1) is 0 Å². The first-order valence-corrected chi connectivity index (χ1v) is 7.91. The molecule has 1 aromatic rings. The number of carbonyl (C=O) groups excluding carboxylic acids is 1. The Labute approximate surface area is 139 Å². The molecule has 1 aliphatic heterocycles. The van der Waals surface area contributed by atoms with Crippen LogP contribution in [0.5, 0.6) is 0 Å². The molecule has 1 fully saturated rings. The zero-order chi connectivity index (χ0) is 14.9. The number of benzene rings is 1. The highest BCUT2D eigenvalue weighted by molar-refractivity contribution is 5.85. The minimum Gasteiger partial charge on any atom is -0.381 e. The SMILES string of the molecule is Cl.NC1CCCN(C(=O)CCCOCCc2ccccc2)C1. The van der Waals surface area contributed by atoms with Gasteiger partial charge in [0.15, 0.2) is 0 Å². The third kappa shape index (κ3) is 6.77. The first-order valence-electron chi connectivity index (χ1n) is 7.91. The van der Waals surface area contributed by atoms with E-state index in [4.69, 9.17) is 10.5 Å². The zero-order valence-corrected chi connectivity index (χ0v) is 13.9.